The van der Waals surface area contributed by atoms with E-state index < -0.39 is 5.60 Å². The average Bonchev–Trinajstić information content (AvgIpc) is 3.15. The number of rotatable bonds is 5. The Morgan fingerprint density at radius 1 is 1.25 bits per heavy atom. The maximum atomic E-state index is 12.8. The number of benzene rings is 1. The first-order valence-electron chi connectivity index (χ1n) is 9.99. The highest BCUT2D eigenvalue weighted by Gasteiger charge is 2.45. The molecule has 1 aromatic heterocycles. The van der Waals surface area contributed by atoms with Crippen LogP contribution in [0, 0.1) is 5.92 Å². The summed E-state index contributed by atoms with van der Waals surface area (Å²) in [5.41, 5.74) is -0.471. The number of hydrogen-bond donors (Lipinski definition) is 1. The van der Waals surface area contributed by atoms with Crippen LogP contribution in [0.5, 0.6) is 5.75 Å². The van der Waals surface area contributed by atoms with Gasteiger partial charge in [-0.15, -0.1) is 0 Å². The van der Waals surface area contributed by atoms with Gasteiger partial charge in [0.1, 0.15) is 11.4 Å². The molecule has 1 atom stereocenters. The van der Waals surface area contributed by atoms with E-state index in [2.05, 4.69) is 10.1 Å². The van der Waals surface area contributed by atoms with Crippen LogP contribution in [0.1, 0.15) is 50.8 Å². The first-order valence-corrected chi connectivity index (χ1v) is 9.99. The number of aliphatic hydroxyl groups is 1. The molecule has 1 unspecified atom stereocenters. The van der Waals surface area contributed by atoms with Gasteiger partial charge in [0.2, 0.25) is 0 Å². The van der Waals surface area contributed by atoms with Gasteiger partial charge >= 0.3 is 0 Å². The molecule has 1 aromatic carbocycles. The molecule has 1 aliphatic heterocycles. The maximum Gasteiger partial charge on any atom is 0.261 e. The van der Waals surface area contributed by atoms with Crippen molar-refractivity contribution in [2.45, 2.75) is 50.5 Å². The van der Waals surface area contributed by atoms with Crippen LogP contribution < -0.4 is 4.74 Å². The topological polar surface area (TPSA) is 88.7 Å². The van der Waals surface area contributed by atoms with Gasteiger partial charge in [-0.05, 0) is 50.7 Å². The fourth-order valence-corrected chi connectivity index (χ4v) is 4.14. The molecule has 150 valence electrons. The molecule has 0 radical (unpaired) electrons. The van der Waals surface area contributed by atoms with Gasteiger partial charge in [-0.1, -0.05) is 23.7 Å². The Morgan fingerprint density at radius 2 is 1.96 bits per heavy atom. The SMILES string of the molecule is COc1ccccc1-c1nc(C2CCN(C(=O)C(C)(O)C3CCC3)CC2)no1. The summed E-state index contributed by atoms with van der Waals surface area (Å²) in [7, 11) is 1.61. The summed E-state index contributed by atoms with van der Waals surface area (Å²) in [5.74, 6) is 1.90. The number of piperidine rings is 1. The lowest BCUT2D eigenvalue weighted by molar-refractivity contribution is -0.160. The largest absolute Gasteiger partial charge is 0.496 e. The Hall–Kier alpha value is -2.41. The summed E-state index contributed by atoms with van der Waals surface area (Å²) in [6.45, 7) is 2.87. The molecule has 1 saturated heterocycles. The van der Waals surface area contributed by atoms with Crippen LogP contribution >= 0.6 is 0 Å². The molecule has 2 fully saturated rings. The van der Waals surface area contributed by atoms with Gasteiger partial charge in [0.25, 0.3) is 11.8 Å². The van der Waals surface area contributed by atoms with E-state index in [1.807, 2.05) is 24.3 Å². The molecule has 1 amide bonds. The highest BCUT2D eigenvalue weighted by molar-refractivity contribution is 5.85. The van der Waals surface area contributed by atoms with Gasteiger partial charge in [0.15, 0.2) is 5.82 Å². The molecule has 7 heteroatoms. The molecule has 28 heavy (non-hydrogen) atoms. The Morgan fingerprint density at radius 3 is 2.61 bits per heavy atom. The number of amides is 1. The molecular formula is C21H27N3O4. The van der Waals surface area contributed by atoms with E-state index in [-0.39, 0.29) is 17.7 Å². The standard InChI is InChI=1S/C21H27N3O4/c1-21(26,15-6-5-7-15)20(25)24-12-10-14(11-13-24)18-22-19(28-23-18)16-8-3-4-9-17(16)27-2/h3-4,8-9,14-15,26H,5-7,10-13H2,1-2H3. The van der Waals surface area contributed by atoms with E-state index in [4.69, 9.17) is 9.26 Å². The molecule has 2 aliphatic rings. The second kappa shape index (κ2) is 7.54. The van der Waals surface area contributed by atoms with Gasteiger partial charge in [-0.3, -0.25) is 4.79 Å². The molecule has 1 aliphatic carbocycles. The molecule has 2 aromatic rings. The number of aromatic nitrogens is 2. The summed E-state index contributed by atoms with van der Waals surface area (Å²) in [6, 6.07) is 7.54. The number of carbonyl (C=O) groups is 1. The zero-order chi connectivity index (χ0) is 19.7. The molecular weight excluding hydrogens is 358 g/mol. The van der Waals surface area contributed by atoms with Crippen molar-refractivity contribution in [2.75, 3.05) is 20.2 Å². The lowest BCUT2D eigenvalue weighted by atomic mass is 9.73. The van der Waals surface area contributed by atoms with Crippen molar-refractivity contribution >= 4 is 5.91 Å². The third kappa shape index (κ3) is 3.39. The first-order chi connectivity index (χ1) is 13.5. The second-order valence-corrected chi connectivity index (χ2v) is 8.00. The molecule has 0 bridgehead atoms. The number of methoxy groups -OCH3 is 1. The summed E-state index contributed by atoms with van der Waals surface area (Å²) < 4.78 is 10.8. The number of carbonyl (C=O) groups excluding carboxylic acids is 1. The van der Waals surface area contributed by atoms with Crippen LogP contribution in [-0.4, -0.2) is 51.9 Å². The number of likely N-dealkylation sites (tertiary alicyclic amines) is 1. The van der Waals surface area contributed by atoms with Crippen molar-refractivity contribution < 1.29 is 19.2 Å². The number of nitrogens with zero attached hydrogens (tertiary/aromatic N) is 3. The molecule has 1 saturated carbocycles. The summed E-state index contributed by atoms with van der Waals surface area (Å²) in [4.78, 5) is 19.1. The van der Waals surface area contributed by atoms with Gasteiger partial charge in [-0.25, -0.2) is 0 Å². The predicted octanol–water partition coefficient (Wildman–Crippen LogP) is 3.00. The van der Waals surface area contributed by atoms with Crippen molar-refractivity contribution in [3.05, 3.63) is 30.1 Å². The summed E-state index contributed by atoms with van der Waals surface area (Å²) >= 11 is 0. The normalized spacial score (nSPS) is 20.5. The van der Waals surface area contributed by atoms with Gasteiger partial charge in [-0.2, -0.15) is 4.98 Å². The van der Waals surface area contributed by atoms with Crippen molar-refractivity contribution in [1.29, 1.82) is 0 Å². The van der Waals surface area contributed by atoms with Crippen LogP contribution in [0.3, 0.4) is 0 Å². The van der Waals surface area contributed by atoms with E-state index >= 15 is 0 Å². The molecule has 7 nitrogen and oxygen atoms in total. The molecule has 4 rings (SSSR count). The average molecular weight is 385 g/mol. The Balaban J connectivity index is 1.41. The highest BCUT2D eigenvalue weighted by atomic mass is 16.5. The van der Waals surface area contributed by atoms with Crippen LogP contribution in [0.4, 0.5) is 0 Å². The van der Waals surface area contributed by atoms with E-state index in [0.717, 1.165) is 37.7 Å². The molecule has 2 heterocycles. The third-order valence-electron chi connectivity index (χ3n) is 6.26. The monoisotopic (exact) mass is 385 g/mol. The minimum atomic E-state index is -1.24. The van der Waals surface area contributed by atoms with Crippen molar-refractivity contribution in [3.8, 4) is 17.2 Å². The fourth-order valence-electron chi connectivity index (χ4n) is 4.14. The number of ether oxygens (including phenoxy) is 1. The van der Waals surface area contributed by atoms with E-state index in [9.17, 15) is 9.90 Å². The van der Waals surface area contributed by atoms with Crippen LogP contribution in [0.25, 0.3) is 11.5 Å². The Bertz CT molecular complexity index is 836. The van der Waals surface area contributed by atoms with Gasteiger partial charge in [0.05, 0.1) is 12.7 Å². The van der Waals surface area contributed by atoms with E-state index in [1.165, 1.54) is 0 Å². The van der Waals surface area contributed by atoms with Crippen molar-refractivity contribution in [2.24, 2.45) is 5.92 Å². The second-order valence-electron chi connectivity index (χ2n) is 8.00. The summed E-state index contributed by atoms with van der Waals surface area (Å²) in [6.07, 6.45) is 4.49. The van der Waals surface area contributed by atoms with Gasteiger partial charge in [0, 0.05) is 19.0 Å². The number of hydrogen-bond acceptors (Lipinski definition) is 6. The predicted molar refractivity (Wildman–Crippen MR) is 103 cm³/mol. The minimum Gasteiger partial charge on any atom is -0.496 e. The zero-order valence-corrected chi connectivity index (χ0v) is 16.4. The Labute approximate surface area is 164 Å². The lowest BCUT2D eigenvalue weighted by Gasteiger charge is -2.42. The maximum absolute atomic E-state index is 12.8. The lowest BCUT2D eigenvalue weighted by Crippen LogP contribution is -2.54. The quantitative estimate of drug-likeness (QED) is 0.851. The number of para-hydroxylation sites is 1. The van der Waals surface area contributed by atoms with Crippen LogP contribution in [-0.2, 0) is 4.79 Å². The highest BCUT2D eigenvalue weighted by Crippen LogP contribution is 2.38. The van der Waals surface area contributed by atoms with Crippen molar-refractivity contribution in [3.63, 3.8) is 0 Å². The molecule has 0 spiro atoms. The minimum absolute atomic E-state index is 0.0957. The first kappa shape index (κ1) is 18.9. The van der Waals surface area contributed by atoms with Crippen LogP contribution in [0.2, 0.25) is 0 Å². The van der Waals surface area contributed by atoms with E-state index in [1.54, 1.807) is 18.9 Å². The smallest absolute Gasteiger partial charge is 0.261 e. The van der Waals surface area contributed by atoms with Gasteiger partial charge < -0.3 is 19.3 Å². The van der Waals surface area contributed by atoms with Crippen molar-refractivity contribution in [1.82, 2.24) is 15.0 Å². The van der Waals surface area contributed by atoms with E-state index in [0.29, 0.717) is 30.6 Å². The Kier molecular flexibility index (Phi) is 5.10. The molecule has 1 N–H and O–H groups in total. The van der Waals surface area contributed by atoms with Crippen LogP contribution in [0.15, 0.2) is 28.8 Å². The third-order valence-corrected chi connectivity index (χ3v) is 6.26. The summed E-state index contributed by atoms with van der Waals surface area (Å²) in [5, 5.41) is 14.8. The fraction of sp³-hybridized carbons (Fsp3) is 0.571. The zero-order valence-electron chi connectivity index (χ0n) is 16.4.